The number of hydrogen-bond acceptors (Lipinski definition) is 4. The molecule has 2 heterocycles. The Hall–Kier alpha value is -2.28. The molecule has 172 valence electrons. The third-order valence-corrected chi connectivity index (χ3v) is 6.16. The zero-order valence-corrected chi connectivity index (χ0v) is 19.4. The minimum atomic E-state index is 0.276. The fraction of sp³-hybridized carbons (Fsp3) is 0.667. The van der Waals surface area contributed by atoms with Crippen molar-refractivity contribution in [3.63, 3.8) is 0 Å². The van der Waals surface area contributed by atoms with Crippen LogP contribution < -0.4 is 5.32 Å². The Morgan fingerprint density at radius 3 is 2.48 bits per heavy atom. The zero-order valence-electron chi connectivity index (χ0n) is 19.4. The molecule has 2 fully saturated rings. The van der Waals surface area contributed by atoms with Crippen molar-refractivity contribution in [3.05, 3.63) is 29.8 Å². The van der Waals surface area contributed by atoms with Gasteiger partial charge in [0.2, 0.25) is 5.91 Å². The van der Waals surface area contributed by atoms with Gasteiger partial charge >= 0.3 is 0 Å². The Kier molecular flexibility index (Phi) is 8.58. The lowest BCUT2D eigenvalue weighted by molar-refractivity contribution is -0.135. The van der Waals surface area contributed by atoms with Crippen LogP contribution in [0.25, 0.3) is 0 Å². The smallest absolute Gasteiger partial charge is 0.236 e. The Bertz CT molecular complexity index is 735. The summed E-state index contributed by atoms with van der Waals surface area (Å²) < 4.78 is 0. The maximum absolute atomic E-state index is 12.8. The summed E-state index contributed by atoms with van der Waals surface area (Å²) in [5, 5.41) is 13.0. The molecule has 7 heteroatoms. The molecule has 2 N–H and O–H groups in total. The Labute approximate surface area is 187 Å². The first kappa shape index (κ1) is 23.4. The van der Waals surface area contributed by atoms with E-state index in [1.54, 1.807) is 12.1 Å². The number of piperazine rings is 1. The van der Waals surface area contributed by atoms with Gasteiger partial charge in [-0.1, -0.05) is 26.0 Å². The number of nitrogens with one attached hydrogen (secondary N) is 1. The van der Waals surface area contributed by atoms with Crippen molar-refractivity contribution in [1.82, 2.24) is 20.0 Å². The van der Waals surface area contributed by atoms with Gasteiger partial charge in [0.1, 0.15) is 5.75 Å². The van der Waals surface area contributed by atoms with Gasteiger partial charge in [-0.15, -0.1) is 0 Å². The van der Waals surface area contributed by atoms with Crippen LogP contribution in [0.5, 0.6) is 5.75 Å². The van der Waals surface area contributed by atoms with Crippen molar-refractivity contribution in [1.29, 1.82) is 0 Å². The van der Waals surface area contributed by atoms with Gasteiger partial charge < -0.3 is 20.2 Å². The molecule has 0 aliphatic carbocycles. The zero-order chi connectivity index (χ0) is 22.2. The van der Waals surface area contributed by atoms with Gasteiger partial charge in [-0.3, -0.25) is 14.7 Å². The van der Waals surface area contributed by atoms with E-state index in [1.807, 2.05) is 12.1 Å². The fourth-order valence-electron chi connectivity index (χ4n) is 4.70. The lowest BCUT2D eigenvalue weighted by Gasteiger charge is -2.39. The Morgan fingerprint density at radius 2 is 1.84 bits per heavy atom. The predicted molar refractivity (Wildman–Crippen MR) is 125 cm³/mol. The van der Waals surface area contributed by atoms with E-state index in [-0.39, 0.29) is 5.91 Å². The van der Waals surface area contributed by atoms with Crippen LogP contribution in [0.15, 0.2) is 29.3 Å². The van der Waals surface area contributed by atoms with Crippen molar-refractivity contribution in [2.24, 2.45) is 16.8 Å². The number of guanidine groups is 1. The first-order valence-corrected chi connectivity index (χ1v) is 11.8. The first-order valence-electron chi connectivity index (χ1n) is 11.8. The van der Waals surface area contributed by atoms with Gasteiger partial charge in [-0.25, -0.2) is 0 Å². The summed E-state index contributed by atoms with van der Waals surface area (Å²) in [5.74, 6) is 2.71. The van der Waals surface area contributed by atoms with Gasteiger partial charge in [0.15, 0.2) is 5.96 Å². The summed E-state index contributed by atoms with van der Waals surface area (Å²) >= 11 is 0. The van der Waals surface area contributed by atoms with Crippen molar-refractivity contribution < 1.29 is 9.90 Å². The highest BCUT2D eigenvalue weighted by molar-refractivity contribution is 5.80. The Morgan fingerprint density at radius 1 is 1.13 bits per heavy atom. The summed E-state index contributed by atoms with van der Waals surface area (Å²) in [7, 11) is 0. The number of phenols is 1. The van der Waals surface area contributed by atoms with Crippen LogP contribution in [-0.2, 0) is 11.2 Å². The quantitative estimate of drug-likeness (QED) is 0.535. The third kappa shape index (κ3) is 7.13. The number of likely N-dealkylation sites (tertiary alicyclic amines) is 1. The number of carbonyl (C=O) groups excluding carboxylic acids is 1. The molecule has 31 heavy (non-hydrogen) atoms. The van der Waals surface area contributed by atoms with Crippen LogP contribution in [0.3, 0.4) is 0 Å². The minimum absolute atomic E-state index is 0.276. The SMILES string of the molecule is CCNC(=NCCc1cccc(O)c1)N1CCN(CC(=O)N2CC(C)CC(C)C2)CC1. The number of rotatable bonds is 6. The monoisotopic (exact) mass is 429 g/mol. The summed E-state index contributed by atoms with van der Waals surface area (Å²) in [4.78, 5) is 24.2. The topological polar surface area (TPSA) is 71.4 Å². The third-order valence-electron chi connectivity index (χ3n) is 6.16. The van der Waals surface area contributed by atoms with E-state index in [9.17, 15) is 9.90 Å². The second kappa shape index (κ2) is 11.4. The van der Waals surface area contributed by atoms with E-state index >= 15 is 0 Å². The maximum Gasteiger partial charge on any atom is 0.236 e. The molecule has 3 rings (SSSR count). The molecule has 1 aromatic carbocycles. The maximum atomic E-state index is 12.8. The predicted octanol–water partition coefficient (Wildman–Crippen LogP) is 2.02. The standard InChI is InChI=1S/C24H39N5O2/c1-4-25-24(26-9-8-21-6-5-7-22(30)15-21)28-12-10-27(11-13-28)18-23(31)29-16-19(2)14-20(3)17-29/h5-7,15,19-20,30H,4,8-14,16-18H2,1-3H3,(H,25,26). The van der Waals surface area contributed by atoms with Gasteiger partial charge in [0.05, 0.1) is 6.54 Å². The van der Waals surface area contributed by atoms with Gasteiger partial charge in [-0.2, -0.15) is 0 Å². The largest absolute Gasteiger partial charge is 0.508 e. The number of amides is 1. The van der Waals surface area contributed by atoms with Crippen LogP contribution in [0.2, 0.25) is 0 Å². The van der Waals surface area contributed by atoms with Crippen molar-refractivity contribution >= 4 is 11.9 Å². The molecule has 2 unspecified atom stereocenters. The number of phenolic OH excluding ortho intramolecular Hbond substituents is 1. The van der Waals surface area contributed by atoms with Crippen LogP contribution in [-0.4, -0.2) is 90.6 Å². The highest BCUT2D eigenvalue weighted by Crippen LogP contribution is 2.21. The molecule has 2 atom stereocenters. The molecule has 0 spiro atoms. The van der Waals surface area contributed by atoms with Crippen molar-refractivity contribution in [2.75, 3.05) is 58.9 Å². The van der Waals surface area contributed by atoms with E-state index in [1.165, 1.54) is 6.42 Å². The second-order valence-electron chi connectivity index (χ2n) is 9.16. The molecular formula is C24H39N5O2. The average molecular weight is 430 g/mol. The summed E-state index contributed by atoms with van der Waals surface area (Å²) in [6, 6.07) is 7.36. The molecule has 0 radical (unpaired) electrons. The Balaban J connectivity index is 1.47. The first-order chi connectivity index (χ1) is 14.9. The molecule has 2 aliphatic rings. The number of hydrogen-bond donors (Lipinski definition) is 2. The average Bonchev–Trinajstić information content (AvgIpc) is 2.73. The highest BCUT2D eigenvalue weighted by Gasteiger charge is 2.28. The fourth-order valence-corrected chi connectivity index (χ4v) is 4.70. The van der Waals surface area contributed by atoms with Crippen LogP contribution in [0.1, 0.15) is 32.8 Å². The highest BCUT2D eigenvalue weighted by atomic mass is 16.3. The van der Waals surface area contributed by atoms with Crippen LogP contribution in [0.4, 0.5) is 0 Å². The number of aliphatic imine (C=N–C) groups is 1. The molecule has 0 bridgehead atoms. The number of nitrogens with zero attached hydrogens (tertiary/aromatic N) is 4. The van der Waals surface area contributed by atoms with Gasteiger partial charge in [0, 0.05) is 52.4 Å². The molecular weight excluding hydrogens is 390 g/mol. The molecule has 2 saturated heterocycles. The molecule has 0 saturated carbocycles. The minimum Gasteiger partial charge on any atom is -0.508 e. The molecule has 1 amide bonds. The van der Waals surface area contributed by atoms with Crippen LogP contribution >= 0.6 is 0 Å². The second-order valence-corrected chi connectivity index (χ2v) is 9.16. The lowest BCUT2D eigenvalue weighted by atomic mass is 9.92. The number of piperidine rings is 1. The summed E-state index contributed by atoms with van der Waals surface area (Å²) in [6.07, 6.45) is 2.02. The van der Waals surface area contributed by atoms with Crippen LogP contribution in [0, 0.1) is 11.8 Å². The normalized spacial score (nSPS) is 23.1. The van der Waals surface area contributed by atoms with Gasteiger partial charge in [-0.05, 0) is 49.3 Å². The van der Waals surface area contributed by atoms with Gasteiger partial charge in [0.25, 0.3) is 0 Å². The van der Waals surface area contributed by atoms with Crippen molar-refractivity contribution in [3.8, 4) is 5.75 Å². The van der Waals surface area contributed by atoms with E-state index in [0.29, 0.717) is 30.7 Å². The van der Waals surface area contributed by atoms with E-state index in [4.69, 9.17) is 4.99 Å². The molecule has 0 aromatic heterocycles. The molecule has 7 nitrogen and oxygen atoms in total. The number of carbonyl (C=O) groups is 1. The summed E-state index contributed by atoms with van der Waals surface area (Å²) in [5.41, 5.74) is 1.09. The molecule has 2 aliphatic heterocycles. The van der Waals surface area contributed by atoms with Crippen molar-refractivity contribution in [2.45, 2.75) is 33.6 Å². The molecule has 1 aromatic rings. The van der Waals surface area contributed by atoms with E-state index < -0.39 is 0 Å². The van der Waals surface area contributed by atoms with E-state index in [0.717, 1.165) is 63.8 Å². The lowest BCUT2D eigenvalue weighted by Crippen LogP contribution is -2.55. The summed E-state index contributed by atoms with van der Waals surface area (Å²) in [6.45, 7) is 13.9. The van der Waals surface area contributed by atoms with E-state index in [2.05, 4.69) is 40.8 Å². The number of aromatic hydroxyl groups is 1. The number of benzene rings is 1.